The number of rotatable bonds is 7. The van der Waals surface area contributed by atoms with E-state index < -0.39 is 36.8 Å². The minimum absolute atomic E-state index is 0.0170. The first-order valence-electron chi connectivity index (χ1n) is 12.6. The maximum Gasteiger partial charge on any atom is 0.495 e. The van der Waals surface area contributed by atoms with Crippen LogP contribution >= 0.6 is 0 Å². The molecule has 0 bridgehead atoms. The summed E-state index contributed by atoms with van der Waals surface area (Å²) < 4.78 is 49.7. The van der Waals surface area contributed by atoms with Gasteiger partial charge >= 0.3 is 19.7 Å². The lowest BCUT2D eigenvalue weighted by Crippen LogP contribution is -2.41. The molecule has 3 heterocycles. The Balaban J connectivity index is 1.48. The number of hydrogen-bond donors (Lipinski definition) is 1. The van der Waals surface area contributed by atoms with Gasteiger partial charge in [-0.05, 0) is 70.7 Å². The Bertz CT molecular complexity index is 1360. The molecule has 11 heteroatoms. The molecule has 0 aliphatic carbocycles. The van der Waals surface area contributed by atoms with Crippen molar-refractivity contribution in [1.82, 2.24) is 9.88 Å². The number of carbonyl (C=O) groups is 1. The van der Waals surface area contributed by atoms with Crippen LogP contribution in [0.15, 0.2) is 34.7 Å². The molecule has 2 fully saturated rings. The summed E-state index contributed by atoms with van der Waals surface area (Å²) >= 11 is 0. The van der Waals surface area contributed by atoms with Crippen LogP contribution in [0.3, 0.4) is 0 Å². The minimum atomic E-state index is -3.02. The van der Waals surface area contributed by atoms with Crippen LogP contribution < -0.4 is 10.2 Å². The highest BCUT2D eigenvalue weighted by Gasteiger charge is 2.52. The van der Waals surface area contributed by atoms with E-state index in [1.54, 1.807) is 6.07 Å². The molecule has 3 aromatic rings. The van der Waals surface area contributed by atoms with E-state index in [1.165, 1.54) is 6.07 Å². The summed E-state index contributed by atoms with van der Waals surface area (Å²) in [5.41, 5.74) is 2.77. The zero-order valence-corrected chi connectivity index (χ0v) is 22.1. The third-order valence-electron chi connectivity index (χ3n) is 7.92. The van der Waals surface area contributed by atoms with Gasteiger partial charge in [-0.2, -0.15) is 8.78 Å². The fraction of sp³-hybridized carbons (Fsp3) is 0.481. The van der Waals surface area contributed by atoms with Crippen molar-refractivity contribution in [2.75, 3.05) is 13.1 Å². The zero-order chi connectivity index (χ0) is 27.4. The predicted molar refractivity (Wildman–Crippen MR) is 138 cm³/mol. The summed E-state index contributed by atoms with van der Waals surface area (Å²) in [6.45, 7) is 8.06. The molecule has 5 rings (SSSR count). The van der Waals surface area contributed by atoms with Crippen molar-refractivity contribution in [3.8, 4) is 17.2 Å². The molecular formula is C27H31BF2N2O6. The fourth-order valence-corrected chi connectivity index (χ4v) is 4.97. The molecule has 2 saturated heterocycles. The lowest BCUT2D eigenvalue weighted by Gasteiger charge is -2.32. The molecule has 0 saturated carbocycles. The van der Waals surface area contributed by atoms with Crippen molar-refractivity contribution in [3.05, 3.63) is 41.5 Å². The number of likely N-dealkylation sites (tertiary alicyclic amines) is 1. The molecule has 2 aromatic carbocycles. The molecule has 202 valence electrons. The Morgan fingerprint density at radius 2 is 1.95 bits per heavy atom. The highest BCUT2D eigenvalue weighted by molar-refractivity contribution is 6.62. The smallest absolute Gasteiger partial charge is 0.481 e. The van der Waals surface area contributed by atoms with Crippen molar-refractivity contribution >= 4 is 29.7 Å². The Morgan fingerprint density at radius 3 is 2.58 bits per heavy atom. The molecule has 1 atom stereocenters. The number of aromatic nitrogens is 1. The van der Waals surface area contributed by atoms with Crippen LogP contribution in [0.4, 0.5) is 8.78 Å². The van der Waals surface area contributed by atoms with Crippen molar-refractivity contribution in [2.45, 2.75) is 65.4 Å². The van der Waals surface area contributed by atoms with E-state index in [2.05, 4.69) is 4.98 Å². The largest absolute Gasteiger partial charge is 0.495 e. The number of alkyl halides is 2. The van der Waals surface area contributed by atoms with E-state index in [1.807, 2.05) is 57.7 Å². The summed E-state index contributed by atoms with van der Waals surface area (Å²) in [5, 5.41) is 9.30. The van der Waals surface area contributed by atoms with Crippen molar-refractivity contribution in [1.29, 1.82) is 0 Å². The van der Waals surface area contributed by atoms with Crippen LogP contribution in [-0.2, 0) is 20.6 Å². The summed E-state index contributed by atoms with van der Waals surface area (Å²) in [6, 6.07) is 8.78. The number of hydrogen-bond acceptors (Lipinski definition) is 7. The van der Waals surface area contributed by atoms with Gasteiger partial charge < -0.3 is 23.6 Å². The van der Waals surface area contributed by atoms with E-state index in [-0.39, 0.29) is 12.3 Å². The Kier molecular flexibility index (Phi) is 6.73. The summed E-state index contributed by atoms with van der Waals surface area (Å²) in [5.74, 6) is -1.01. The first kappa shape index (κ1) is 26.6. The van der Waals surface area contributed by atoms with Gasteiger partial charge in [0.05, 0.1) is 17.1 Å². The fourth-order valence-electron chi connectivity index (χ4n) is 4.97. The minimum Gasteiger partial charge on any atom is -0.481 e. The standard InChI is InChI=1S/C27H31BF2N2O6/c1-15-18(7-6-8-19(15)28-37-26(2,3)27(4,5)38-28)23-31-20-11-17(14-32-10-9-16(13-32)24(33)34)21(36-25(29)30)12-22(20)35-23/h6-8,11-12,16,25H,9-10,13-14H2,1-5H3,(H,33,34). The molecule has 2 aliphatic rings. The van der Waals surface area contributed by atoms with Gasteiger partial charge in [-0.3, -0.25) is 9.69 Å². The van der Waals surface area contributed by atoms with E-state index in [0.717, 1.165) is 16.6 Å². The Labute approximate surface area is 220 Å². The number of aliphatic carboxylic acids is 1. The van der Waals surface area contributed by atoms with Gasteiger partial charge in [0.1, 0.15) is 11.3 Å². The molecule has 0 amide bonds. The second kappa shape index (κ2) is 9.62. The van der Waals surface area contributed by atoms with Crippen LogP contribution in [0.25, 0.3) is 22.6 Å². The van der Waals surface area contributed by atoms with E-state index in [9.17, 15) is 18.7 Å². The van der Waals surface area contributed by atoms with Crippen molar-refractivity contribution in [3.63, 3.8) is 0 Å². The van der Waals surface area contributed by atoms with Crippen LogP contribution in [0.2, 0.25) is 0 Å². The van der Waals surface area contributed by atoms with Gasteiger partial charge in [-0.15, -0.1) is 0 Å². The van der Waals surface area contributed by atoms with Gasteiger partial charge in [0.15, 0.2) is 5.58 Å². The number of fused-ring (bicyclic) bond motifs is 1. The summed E-state index contributed by atoms with van der Waals surface area (Å²) in [7, 11) is -0.558. The molecule has 1 aromatic heterocycles. The number of carboxylic acids is 1. The second-order valence-electron chi connectivity index (χ2n) is 11.0. The lowest BCUT2D eigenvalue weighted by atomic mass is 9.75. The summed E-state index contributed by atoms with van der Waals surface area (Å²) in [6.07, 6.45) is 0.509. The molecule has 2 aliphatic heterocycles. The highest BCUT2D eigenvalue weighted by Crippen LogP contribution is 2.38. The summed E-state index contributed by atoms with van der Waals surface area (Å²) in [4.78, 5) is 17.9. The first-order chi connectivity index (χ1) is 17.8. The molecule has 1 unspecified atom stereocenters. The molecule has 38 heavy (non-hydrogen) atoms. The number of halogens is 2. The van der Waals surface area contributed by atoms with E-state index in [0.29, 0.717) is 42.1 Å². The third-order valence-corrected chi connectivity index (χ3v) is 7.92. The average molecular weight is 528 g/mol. The topological polar surface area (TPSA) is 94.3 Å². The van der Waals surface area contributed by atoms with E-state index in [4.69, 9.17) is 18.5 Å². The molecule has 0 radical (unpaired) electrons. The number of nitrogens with zero attached hydrogens (tertiary/aromatic N) is 2. The highest BCUT2D eigenvalue weighted by atomic mass is 19.3. The van der Waals surface area contributed by atoms with Crippen LogP contribution in [-0.4, -0.2) is 59.0 Å². The van der Waals surface area contributed by atoms with Crippen LogP contribution in [0, 0.1) is 12.8 Å². The SMILES string of the molecule is Cc1c(B2OC(C)(C)C(C)(C)O2)cccc1-c1nc2cc(CN3CCC(C(=O)O)C3)c(OC(F)F)cc2o1. The first-order valence-corrected chi connectivity index (χ1v) is 12.6. The Morgan fingerprint density at radius 1 is 1.24 bits per heavy atom. The van der Waals surface area contributed by atoms with Crippen LogP contribution in [0.1, 0.15) is 45.2 Å². The third kappa shape index (κ3) is 4.90. The Hall–Kier alpha value is -3.02. The normalized spacial score (nSPS) is 21.1. The van der Waals surface area contributed by atoms with Gasteiger partial charge in [-0.25, -0.2) is 4.98 Å². The molecule has 8 nitrogen and oxygen atoms in total. The second-order valence-corrected chi connectivity index (χ2v) is 11.0. The maximum atomic E-state index is 13.2. The number of oxazole rings is 1. The van der Waals surface area contributed by atoms with Gasteiger partial charge in [-0.1, -0.05) is 12.1 Å². The quantitative estimate of drug-likeness (QED) is 0.445. The lowest BCUT2D eigenvalue weighted by molar-refractivity contribution is -0.141. The van der Waals surface area contributed by atoms with Gasteiger partial charge in [0.2, 0.25) is 5.89 Å². The average Bonchev–Trinajstić information content (AvgIpc) is 3.50. The number of benzene rings is 2. The maximum absolute atomic E-state index is 13.2. The van der Waals surface area contributed by atoms with Crippen molar-refractivity contribution in [2.24, 2.45) is 5.92 Å². The molecular weight excluding hydrogens is 497 g/mol. The number of ether oxygens (including phenoxy) is 1. The van der Waals surface area contributed by atoms with Gasteiger partial charge in [0.25, 0.3) is 0 Å². The van der Waals surface area contributed by atoms with Crippen molar-refractivity contribution < 1.29 is 37.1 Å². The van der Waals surface area contributed by atoms with Crippen LogP contribution in [0.5, 0.6) is 5.75 Å². The molecule has 0 spiro atoms. The van der Waals surface area contributed by atoms with Gasteiger partial charge in [0, 0.05) is 30.3 Å². The predicted octanol–water partition coefficient (Wildman–Crippen LogP) is 4.61. The number of carboxylic acid groups (broad SMARTS) is 1. The monoisotopic (exact) mass is 528 g/mol. The molecule has 1 N–H and O–H groups in total. The van der Waals surface area contributed by atoms with E-state index >= 15 is 0 Å². The zero-order valence-electron chi connectivity index (χ0n) is 22.1.